The van der Waals surface area contributed by atoms with Crippen LogP contribution in [0.25, 0.3) is 0 Å². The summed E-state index contributed by atoms with van der Waals surface area (Å²) < 4.78 is 9.24. The number of carbonyl (C=O) groups is 2. The lowest BCUT2D eigenvalue weighted by Crippen LogP contribution is -2.38. The summed E-state index contributed by atoms with van der Waals surface area (Å²) in [6.45, 7) is 5.53. The van der Waals surface area contributed by atoms with Crippen molar-refractivity contribution in [2.24, 2.45) is 11.3 Å². The highest BCUT2D eigenvalue weighted by Gasteiger charge is 2.42. The second-order valence-electron chi connectivity index (χ2n) is 4.30. The van der Waals surface area contributed by atoms with E-state index in [4.69, 9.17) is 0 Å². The van der Waals surface area contributed by atoms with Crippen LogP contribution in [0.2, 0.25) is 0 Å². The standard InChI is InChI=1S/C13H20O4/c1-10(2)8-6-7-9-13(3,11(14)16-4)12(15)17-5/h7-8,10H,9H2,1-5H3. The molecule has 0 heterocycles. The van der Waals surface area contributed by atoms with E-state index in [0.717, 1.165) is 0 Å². The molecule has 4 heteroatoms. The lowest BCUT2D eigenvalue weighted by molar-refractivity contribution is -0.167. The fraction of sp³-hybridized carbons (Fsp3) is 0.615. The number of rotatable bonds is 5. The quantitative estimate of drug-likeness (QED) is 0.419. The second kappa shape index (κ2) is 6.92. The van der Waals surface area contributed by atoms with Gasteiger partial charge in [-0.25, -0.2) is 0 Å². The SMILES string of the molecule is COC(=O)C(C)(CC=C=CC(C)C)C(=O)OC. The average molecular weight is 240 g/mol. The van der Waals surface area contributed by atoms with Crippen molar-refractivity contribution in [1.29, 1.82) is 0 Å². The van der Waals surface area contributed by atoms with E-state index in [1.54, 1.807) is 6.08 Å². The number of ether oxygens (including phenoxy) is 2. The first-order valence-corrected chi connectivity index (χ1v) is 5.46. The van der Waals surface area contributed by atoms with Crippen LogP contribution < -0.4 is 0 Å². The van der Waals surface area contributed by atoms with Gasteiger partial charge in [-0.15, -0.1) is 5.73 Å². The van der Waals surface area contributed by atoms with E-state index in [-0.39, 0.29) is 6.42 Å². The van der Waals surface area contributed by atoms with E-state index in [0.29, 0.717) is 5.92 Å². The highest BCUT2D eigenvalue weighted by molar-refractivity contribution is 5.99. The maximum atomic E-state index is 11.6. The molecule has 0 saturated carbocycles. The van der Waals surface area contributed by atoms with Crippen LogP contribution in [0.5, 0.6) is 0 Å². The molecule has 0 saturated heterocycles. The minimum Gasteiger partial charge on any atom is -0.468 e. The van der Waals surface area contributed by atoms with Crippen molar-refractivity contribution in [3.8, 4) is 0 Å². The van der Waals surface area contributed by atoms with Gasteiger partial charge in [0.05, 0.1) is 14.2 Å². The third-order valence-electron chi connectivity index (χ3n) is 2.33. The van der Waals surface area contributed by atoms with Gasteiger partial charge in [-0.2, -0.15) is 0 Å². The third kappa shape index (κ3) is 4.45. The fourth-order valence-corrected chi connectivity index (χ4v) is 1.22. The zero-order valence-corrected chi connectivity index (χ0v) is 11.1. The van der Waals surface area contributed by atoms with Gasteiger partial charge >= 0.3 is 11.9 Å². The first-order valence-electron chi connectivity index (χ1n) is 5.46. The highest BCUT2D eigenvalue weighted by Crippen LogP contribution is 2.25. The molecule has 0 fully saturated rings. The monoisotopic (exact) mass is 240 g/mol. The van der Waals surface area contributed by atoms with Gasteiger partial charge in [-0.3, -0.25) is 9.59 Å². The minimum atomic E-state index is -1.30. The van der Waals surface area contributed by atoms with E-state index in [9.17, 15) is 9.59 Å². The van der Waals surface area contributed by atoms with Crippen LogP contribution in [0.3, 0.4) is 0 Å². The predicted molar refractivity (Wildman–Crippen MR) is 64.2 cm³/mol. The van der Waals surface area contributed by atoms with E-state index in [2.05, 4.69) is 15.2 Å². The molecule has 0 atom stereocenters. The van der Waals surface area contributed by atoms with Crippen molar-refractivity contribution in [3.63, 3.8) is 0 Å². The number of carbonyl (C=O) groups excluding carboxylic acids is 2. The molecule has 4 nitrogen and oxygen atoms in total. The molecule has 0 amide bonds. The number of esters is 2. The van der Waals surface area contributed by atoms with Crippen LogP contribution in [0.15, 0.2) is 17.9 Å². The zero-order chi connectivity index (χ0) is 13.5. The fourth-order valence-electron chi connectivity index (χ4n) is 1.22. The first kappa shape index (κ1) is 15.5. The Bertz CT molecular complexity index is 319. The van der Waals surface area contributed by atoms with Gasteiger partial charge in [0, 0.05) is 0 Å². The molecule has 17 heavy (non-hydrogen) atoms. The highest BCUT2D eigenvalue weighted by atomic mass is 16.5. The molecule has 0 unspecified atom stereocenters. The van der Waals surface area contributed by atoms with Crippen molar-refractivity contribution in [2.45, 2.75) is 27.2 Å². The van der Waals surface area contributed by atoms with Crippen LogP contribution in [-0.2, 0) is 19.1 Å². The maximum Gasteiger partial charge on any atom is 0.323 e. The lowest BCUT2D eigenvalue weighted by Gasteiger charge is -2.21. The predicted octanol–water partition coefficient (Wildman–Crippen LogP) is 2.10. The molecule has 0 bridgehead atoms. The summed E-state index contributed by atoms with van der Waals surface area (Å²) in [7, 11) is 2.49. The topological polar surface area (TPSA) is 52.6 Å². The minimum absolute atomic E-state index is 0.204. The summed E-state index contributed by atoms with van der Waals surface area (Å²) in [6, 6.07) is 0. The molecule has 0 N–H and O–H groups in total. The molecule has 0 aliphatic rings. The number of methoxy groups -OCH3 is 2. The summed E-state index contributed by atoms with van der Waals surface area (Å²) in [6.07, 6.45) is 3.71. The molecule has 96 valence electrons. The molecule has 0 aliphatic heterocycles. The zero-order valence-electron chi connectivity index (χ0n) is 11.1. The Labute approximate surface area is 102 Å². The van der Waals surface area contributed by atoms with E-state index in [1.807, 2.05) is 19.9 Å². The van der Waals surface area contributed by atoms with Crippen LogP contribution in [0.4, 0.5) is 0 Å². The largest absolute Gasteiger partial charge is 0.468 e. The number of allylic oxidation sites excluding steroid dienone is 1. The van der Waals surface area contributed by atoms with Crippen LogP contribution in [-0.4, -0.2) is 26.2 Å². The van der Waals surface area contributed by atoms with Gasteiger partial charge < -0.3 is 9.47 Å². The molecule has 0 spiro atoms. The normalized spacial score (nSPS) is 10.5. The van der Waals surface area contributed by atoms with Crippen LogP contribution in [0.1, 0.15) is 27.2 Å². The van der Waals surface area contributed by atoms with E-state index >= 15 is 0 Å². The van der Waals surface area contributed by atoms with Crippen molar-refractivity contribution in [2.75, 3.05) is 14.2 Å². The van der Waals surface area contributed by atoms with Crippen LogP contribution in [0, 0.1) is 11.3 Å². The van der Waals surface area contributed by atoms with Gasteiger partial charge in [0.15, 0.2) is 5.41 Å². The Balaban J connectivity index is 4.91. The summed E-state index contributed by atoms with van der Waals surface area (Å²) in [5.41, 5.74) is 1.63. The molecule has 0 aromatic rings. The molecule has 0 radical (unpaired) electrons. The maximum absolute atomic E-state index is 11.6. The number of hydrogen-bond acceptors (Lipinski definition) is 4. The Kier molecular flexibility index (Phi) is 6.29. The average Bonchev–Trinajstić information content (AvgIpc) is 2.31. The molecule has 0 aliphatic carbocycles. The van der Waals surface area contributed by atoms with Gasteiger partial charge in [0.1, 0.15) is 0 Å². The van der Waals surface area contributed by atoms with Gasteiger partial charge in [-0.1, -0.05) is 13.8 Å². The molecular weight excluding hydrogens is 220 g/mol. The van der Waals surface area contributed by atoms with E-state index < -0.39 is 17.4 Å². The lowest BCUT2D eigenvalue weighted by atomic mass is 9.87. The van der Waals surface area contributed by atoms with Crippen molar-refractivity contribution >= 4 is 11.9 Å². The number of hydrogen-bond donors (Lipinski definition) is 0. The smallest absolute Gasteiger partial charge is 0.323 e. The summed E-state index contributed by atoms with van der Waals surface area (Å²) >= 11 is 0. The van der Waals surface area contributed by atoms with Crippen molar-refractivity contribution < 1.29 is 19.1 Å². The summed E-state index contributed by atoms with van der Waals surface area (Å²) in [4.78, 5) is 23.2. The Morgan fingerprint density at radius 1 is 1.24 bits per heavy atom. The Morgan fingerprint density at radius 2 is 1.71 bits per heavy atom. The van der Waals surface area contributed by atoms with Gasteiger partial charge in [-0.05, 0) is 31.4 Å². The van der Waals surface area contributed by atoms with Gasteiger partial charge in [0.2, 0.25) is 0 Å². The summed E-state index contributed by atoms with van der Waals surface area (Å²) in [5.74, 6) is -0.840. The van der Waals surface area contributed by atoms with E-state index in [1.165, 1.54) is 21.1 Å². The molecule has 0 rings (SSSR count). The van der Waals surface area contributed by atoms with Crippen LogP contribution >= 0.6 is 0 Å². The first-order chi connectivity index (χ1) is 7.88. The molecule has 0 aromatic carbocycles. The van der Waals surface area contributed by atoms with Crippen molar-refractivity contribution in [1.82, 2.24) is 0 Å². The Hall–Kier alpha value is -1.54. The third-order valence-corrected chi connectivity index (χ3v) is 2.33. The summed E-state index contributed by atoms with van der Waals surface area (Å²) in [5, 5.41) is 0. The van der Waals surface area contributed by atoms with Gasteiger partial charge in [0.25, 0.3) is 0 Å². The Morgan fingerprint density at radius 3 is 2.06 bits per heavy atom. The molecular formula is C13H20O4. The second-order valence-corrected chi connectivity index (χ2v) is 4.30. The molecule has 0 aromatic heterocycles. The van der Waals surface area contributed by atoms with Crippen molar-refractivity contribution in [3.05, 3.63) is 17.9 Å².